The van der Waals surface area contributed by atoms with Gasteiger partial charge >= 0.3 is 0 Å². The van der Waals surface area contributed by atoms with Crippen molar-refractivity contribution in [1.82, 2.24) is 0 Å². The second-order valence-electron chi connectivity index (χ2n) is 7.02. The Balaban J connectivity index is 2.83. The van der Waals surface area contributed by atoms with E-state index in [1.807, 2.05) is 6.92 Å². The maximum absolute atomic E-state index is 3.37. The van der Waals surface area contributed by atoms with E-state index in [9.17, 15) is 0 Å². The molecule has 1 rings (SSSR count). The Kier molecular flexibility index (Phi) is 5.32. The third-order valence-corrected chi connectivity index (χ3v) is 8.51. The Morgan fingerprint density at radius 3 is 2.41 bits per heavy atom. The lowest BCUT2D eigenvalue weighted by molar-refractivity contribution is 0.229. The third kappa shape index (κ3) is 3.88. The van der Waals surface area contributed by atoms with E-state index in [2.05, 4.69) is 45.7 Å². The van der Waals surface area contributed by atoms with E-state index < -0.39 is 8.07 Å². The van der Waals surface area contributed by atoms with Crippen LogP contribution in [0.5, 0.6) is 0 Å². The third-order valence-electron chi connectivity index (χ3n) is 4.75. The second kappa shape index (κ2) is 6.09. The maximum atomic E-state index is 3.37. The first-order valence-corrected chi connectivity index (χ1v) is 10.6. The van der Waals surface area contributed by atoms with Crippen LogP contribution in [-0.4, -0.2) is 8.07 Å². The van der Waals surface area contributed by atoms with Gasteiger partial charge in [0.25, 0.3) is 0 Å². The van der Waals surface area contributed by atoms with E-state index >= 15 is 0 Å². The van der Waals surface area contributed by atoms with Gasteiger partial charge in [-0.15, -0.1) is 11.8 Å². The Morgan fingerprint density at radius 1 is 1.24 bits per heavy atom. The lowest BCUT2D eigenvalue weighted by atomic mass is 9.77. The van der Waals surface area contributed by atoms with E-state index in [0.29, 0.717) is 0 Å². The van der Waals surface area contributed by atoms with Crippen molar-refractivity contribution in [2.24, 2.45) is 17.8 Å². The van der Waals surface area contributed by atoms with Crippen molar-refractivity contribution in [3.8, 4) is 11.8 Å². The van der Waals surface area contributed by atoms with Crippen LogP contribution >= 0.6 is 0 Å². The first-order chi connectivity index (χ1) is 7.88. The molecule has 0 unspecified atom stereocenters. The summed E-state index contributed by atoms with van der Waals surface area (Å²) in [4.78, 5) is 0. The summed E-state index contributed by atoms with van der Waals surface area (Å²) < 4.78 is 0. The molecule has 0 bridgehead atoms. The molecule has 0 radical (unpaired) electrons. The quantitative estimate of drug-likeness (QED) is 0.478. The maximum Gasteiger partial charge on any atom is 0.0637 e. The molecule has 17 heavy (non-hydrogen) atoms. The zero-order chi connectivity index (χ0) is 13.1. The Morgan fingerprint density at radius 2 is 1.88 bits per heavy atom. The molecule has 0 saturated heterocycles. The van der Waals surface area contributed by atoms with Crippen LogP contribution in [0.1, 0.15) is 47.0 Å². The van der Waals surface area contributed by atoms with Gasteiger partial charge in [-0.25, -0.2) is 0 Å². The smallest absolute Gasteiger partial charge is 0.0637 e. The first kappa shape index (κ1) is 14.8. The van der Waals surface area contributed by atoms with Gasteiger partial charge in [0.2, 0.25) is 0 Å². The van der Waals surface area contributed by atoms with Gasteiger partial charge in [0.1, 0.15) is 0 Å². The molecule has 1 aliphatic carbocycles. The molecule has 1 aliphatic rings. The lowest BCUT2D eigenvalue weighted by Crippen LogP contribution is -2.41. The molecule has 0 N–H and O–H groups in total. The molecule has 0 aromatic carbocycles. The lowest BCUT2D eigenvalue weighted by Gasteiger charge is -2.44. The summed E-state index contributed by atoms with van der Waals surface area (Å²) in [5.74, 6) is 9.24. The van der Waals surface area contributed by atoms with Gasteiger partial charge in [0, 0.05) is 6.04 Å². The van der Waals surface area contributed by atoms with Crippen molar-refractivity contribution >= 4 is 8.07 Å². The Labute approximate surface area is 110 Å². The van der Waals surface area contributed by atoms with Gasteiger partial charge in [-0.05, 0) is 43.1 Å². The molecule has 0 aromatic heterocycles. The Hall–Kier alpha value is -0.223. The van der Waals surface area contributed by atoms with Crippen molar-refractivity contribution < 1.29 is 0 Å². The largest absolute Gasteiger partial charge is 0.107 e. The minimum Gasteiger partial charge on any atom is -0.107 e. The van der Waals surface area contributed by atoms with Crippen molar-refractivity contribution in [2.75, 3.05) is 0 Å². The first-order valence-electron chi connectivity index (χ1n) is 7.28. The predicted molar refractivity (Wildman–Crippen MR) is 80.8 cm³/mol. The fraction of sp³-hybridized carbons (Fsp3) is 0.875. The van der Waals surface area contributed by atoms with Crippen LogP contribution in [0.3, 0.4) is 0 Å². The zero-order valence-corrected chi connectivity index (χ0v) is 13.6. The average molecular weight is 251 g/mol. The van der Waals surface area contributed by atoms with E-state index in [1.54, 1.807) is 0 Å². The van der Waals surface area contributed by atoms with Crippen LogP contribution in [-0.2, 0) is 0 Å². The number of hydrogen-bond donors (Lipinski definition) is 0. The minimum absolute atomic E-state index is 0.855. The molecular formula is C16H30Si. The molecule has 98 valence electrons. The molecule has 0 heterocycles. The van der Waals surface area contributed by atoms with E-state index in [-0.39, 0.29) is 0 Å². The fourth-order valence-electron chi connectivity index (χ4n) is 3.55. The molecule has 1 fully saturated rings. The monoisotopic (exact) mass is 250 g/mol. The zero-order valence-electron chi connectivity index (χ0n) is 12.6. The number of hydrogen-bond acceptors (Lipinski definition) is 0. The van der Waals surface area contributed by atoms with E-state index in [4.69, 9.17) is 0 Å². The molecule has 3 atom stereocenters. The molecule has 0 amide bonds. The highest BCUT2D eigenvalue weighted by atomic mass is 28.3. The standard InChI is InChI=1S/C16H30Si/c1-7-8-11-17(5,6)16-12-14(4)9-10-15(16)13(2)3/h13-16H,9-12H2,1-6H3/t14-,15+,16-/m1/s1. The highest BCUT2D eigenvalue weighted by Gasteiger charge is 2.40. The summed E-state index contributed by atoms with van der Waals surface area (Å²) in [7, 11) is -1.16. The van der Waals surface area contributed by atoms with Gasteiger partial charge in [0.05, 0.1) is 8.07 Å². The van der Waals surface area contributed by atoms with E-state index in [1.165, 1.54) is 25.3 Å². The van der Waals surface area contributed by atoms with Crippen LogP contribution in [0.15, 0.2) is 0 Å². The number of rotatable bonds is 3. The van der Waals surface area contributed by atoms with Crippen molar-refractivity contribution in [1.29, 1.82) is 0 Å². The topological polar surface area (TPSA) is 0 Å². The molecule has 1 heteroatoms. The summed E-state index contributed by atoms with van der Waals surface area (Å²) in [6.45, 7) is 14.4. The molecule has 1 saturated carbocycles. The summed E-state index contributed by atoms with van der Waals surface area (Å²) >= 11 is 0. The van der Waals surface area contributed by atoms with Gasteiger partial charge < -0.3 is 0 Å². The normalized spacial score (nSPS) is 29.9. The summed E-state index contributed by atoms with van der Waals surface area (Å²) in [5, 5.41) is 0. The molecule has 0 aliphatic heterocycles. The van der Waals surface area contributed by atoms with Gasteiger partial charge in [-0.1, -0.05) is 40.3 Å². The van der Waals surface area contributed by atoms with Gasteiger partial charge in [0.15, 0.2) is 0 Å². The molecule has 0 aromatic rings. The van der Waals surface area contributed by atoms with Crippen LogP contribution in [0.25, 0.3) is 0 Å². The van der Waals surface area contributed by atoms with Crippen LogP contribution in [0.4, 0.5) is 0 Å². The predicted octanol–water partition coefficient (Wildman–Crippen LogP) is 5.18. The summed E-state index contributed by atoms with van der Waals surface area (Å²) in [5.41, 5.74) is 0.993. The minimum atomic E-state index is -1.16. The van der Waals surface area contributed by atoms with E-state index in [0.717, 1.165) is 23.3 Å². The average Bonchev–Trinajstić information content (AvgIpc) is 2.26. The van der Waals surface area contributed by atoms with Crippen LogP contribution < -0.4 is 0 Å². The van der Waals surface area contributed by atoms with Crippen molar-refractivity contribution in [3.05, 3.63) is 0 Å². The molecule has 0 nitrogen and oxygen atoms in total. The highest BCUT2D eigenvalue weighted by Crippen LogP contribution is 2.48. The SMILES string of the molecule is CC#CC[Si](C)(C)[C@@H]1C[C@H](C)CC[C@H]1C(C)C. The van der Waals surface area contributed by atoms with Crippen molar-refractivity contribution in [3.63, 3.8) is 0 Å². The summed E-state index contributed by atoms with van der Waals surface area (Å²) in [6.07, 6.45) is 4.37. The van der Waals surface area contributed by atoms with Gasteiger partial charge in [-0.2, -0.15) is 0 Å². The van der Waals surface area contributed by atoms with Crippen LogP contribution in [0, 0.1) is 29.6 Å². The fourth-order valence-corrected chi connectivity index (χ4v) is 7.19. The second-order valence-corrected chi connectivity index (χ2v) is 12.1. The van der Waals surface area contributed by atoms with Crippen LogP contribution in [0.2, 0.25) is 24.7 Å². The summed E-state index contributed by atoms with van der Waals surface area (Å²) in [6, 6.07) is 1.20. The molecule has 0 spiro atoms. The molecular weight excluding hydrogens is 220 g/mol. The Bertz CT molecular complexity index is 292. The highest BCUT2D eigenvalue weighted by molar-refractivity contribution is 6.79. The van der Waals surface area contributed by atoms with Crippen molar-refractivity contribution in [2.45, 2.75) is 71.6 Å². The van der Waals surface area contributed by atoms with Gasteiger partial charge in [-0.3, -0.25) is 0 Å².